The summed E-state index contributed by atoms with van der Waals surface area (Å²) in [7, 11) is 1.51. The molecule has 186 valence electrons. The molecule has 1 fully saturated rings. The van der Waals surface area contributed by atoms with Gasteiger partial charge in [0.2, 0.25) is 5.95 Å². The maximum absolute atomic E-state index is 13.9. The minimum atomic E-state index is -0.740. The number of imidazole rings is 1. The van der Waals surface area contributed by atoms with Crippen molar-refractivity contribution < 1.29 is 9.18 Å². The number of rotatable bonds is 6. The number of hydrogen-bond donors (Lipinski definition) is 2. The van der Waals surface area contributed by atoms with Crippen LogP contribution in [-0.4, -0.2) is 43.6 Å². The highest BCUT2D eigenvalue weighted by atomic mass is 19.1. The van der Waals surface area contributed by atoms with Crippen molar-refractivity contribution in [1.29, 1.82) is 0 Å². The van der Waals surface area contributed by atoms with Gasteiger partial charge in [-0.3, -0.25) is 18.7 Å². The van der Waals surface area contributed by atoms with Gasteiger partial charge in [0, 0.05) is 38.3 Å². The molecule has 0 saturated carbocycles. The van der Waals surface area contributed by atoms with Crippen molar-refractivity contribution in [3.63, 3.8) is 0 Å². The maximum Gasteiger partial charge on any atom is 0.332 e. The van der Waals surface area contributed by atoms with Crippen LogP contribution in [0.25, 0.3) is 11.2 Å². The van der Waals surface area contributed by atoms with Crippen molar-refractivity contribution in [1.82, 2.24) is 18.7 Å². The Bertz CT molecular complexity index is 1450. The second kappa shape index (κ2) is 9.49. The van der Waals surface area contributed by atoms with Gasteiger partial charge in [-0.15, -0.1) is 0 Å². The Morgan fingerprint density at radius 2 is 2.00 bits per heavy atom. The third kappa shape index (κ3) is 4.51. The molecule has 10 nitrogen and oxygen atoms in total. The molecule has 1 aromatic carbocycles. The van der Waals surface area contributed by atoms with E-state index in [2.05, 4.69) is 4.98 Å². The summed E-state index contributed by atoms with van der Waals surface area (Å²) < 4.78 is 17.7. The van der Waals surface area contributed by atoms with E-state index in [1.807, 2.05) is 24.8 Å². The number of halogens is 1. The molecule has 0 radical (unpaired) electrons. The number of fused-ring (bicyclic) bond motifs is 1. The number of Topliss-reactive ketones (excluding diaryl/α,β-unsaturated/α-hetero) is 1. The summed E-state index contributed by atoms with van der Waals surface area (Å²) >= 11 is 0. The van der Waals surface area contributed by atoms with Crippen LogP contribution in [-0.2, 0) is 20.1 Å². The monoisotopic (exact) mass is 483 g/mol. The first kappa shape index (κ1) is 24.4. The standard InChI is InChI=1S/C24H30FN7O3/c1-14(2)9-11-31-20-21(28-23(31)30-10-5-6-15(26)12-30)29(3)24(35)32(22(20)34)13-18(33)16-7-4-8-17(25)19(16)27/h4,7-9,15H,5-6,10-13,26-27H2,1-3H3. The maximum atomic E-state index is 13.9. The quantitative estimate of drug-likeness (QED) is 0.307. The van der Waals surface area contributed by atoms with Crippen LogP contribution in [0.5, 0.6) is 0 Å². The van der Waals surface area contributed by atoms with Crippen LogP contribution in [0.2, 0.25) is 0 Å². The van der Waals surface area contributed by atoms with Crippen molar-refractivity contribution in [2.24, 2.45) is 12.8 Å². The van der Waals surface area contributed by atoms with Gasteiger partial charge in [-0.05, 0) is 38.8 Å². The number of allylic oxidation sites excluding steroid dienone is 2. The third-order valence-corrected chi connectivity index (χ3v) is 6.29. The molecule has 1 aliphatic rings. The lowest BCUT2D eigenvalue weighted by Gasteiger charge is -2.31. The first-order valence-corrected chi connectivity index (χ1v) is 11.5. The number of hydrogen-bond acceptors (Lipinski definition) is 7. The first-order valence-electron chi connectivity index (χ1n) is 11.5. The highest BCUT2D eigenvalue weighted by Gasteiger charge is 2.27. The Morgan fingerprint density at radius 3 is 2.69 bits per heavy atom. The number of carbonyl (C=O) groups excluding carboxylic acids is 1. The van der Waals surface area contributed by atoms with Gasteiger partial charge in [0.25, 0.3) is 5.56 Å². The van der Waals surface area contributed by atoms with Gasteiger partial charge in [0.15, 0.2) is 16.9 Å². The fourth-order valence-corrected chi connectivity index (χ4v) is 4.39. The van der Waals surface area contributed by atoms with E-state index in [4.69, 9.17) is 11.5 Å². The Kier molecular flexibility index (Phi) is 6.62. The molecule has 0 amide bonds. The molecular formula is C24H30FN7O3. The number of nitrogens with two attached hydrogens (primary N) is 2. The molecule has 35 heavy (non-hydrogen) atoms. The number of aryl methyl sites for hydroxylation is 1. The van der Waals surface area contributed by atoms with E-state index >= 15 is 0 Å². The van der Waals surface area contributed by atoms with Crippen molar-refractivity contribution in [2.75, 3.05) is 23.7 Å². The largest absolute Gasteiger partial charge is 0.396 e. The summed E-state index contributed by atoms with van der Waals surface area (Å²) in [4.78, 5) is 46.3. The lowest BCUT2D eigenvalue weighted by Crippen LogP contribution is -2.44. The summed E-state index contributed by atoms with van der Waals surface area (Å²) in [5, 5.41) is 0. The van der Waals surface area contributed by atoms with Crippen molar-refractivity contribution in [3.8, 4) is 0 Å². The van der Waals surface area contributed by atoms with Crippen molar-refractivity contribution in [3.05, 3.63) is 62.1 Å². The van der Waals surface area contributed by atoms with Gasteiger partial charge >= 0.3 is 5.69 Å². The third-order valence-electron chi connectivity index (χ3n) is 6.29. The van der Waals surface area contributed by atoms with Crippen LogP contribution >= 0.6 is 0 Å². The van der Waals surface area contributed by atoms with Gasteiger partial charge in [-0.2, -0.15) is 4.98 Å². The number of para-hydroxylation sites is 1. The number of piperidine rings is 1. The Hall–Kier alpha value is -3.73. The molecule has 11 heteroatoms. The Labute approximate surface area is 201 Å². The van der Waals surface area contributed by atoms with Crippen LogP contribution in [0.3, 0.4) is 0 Å². The molecule has 0 bridgehead atoms. The Morgan fingerprint density at radius 1 is 1.26 bits per heavy atom. The van der Waals surface area contributed by atoms with E-state index in [0.717, 1.165) is 35.6 Å². The number of carbonyl (C=O) groups is 1. The number of aromatic nitrogens is 4. The minimum Gasteiger partial charge on any atom is -0.396 e. The van der Waals surface area contributed by atoms with Crippen LogP contribution in [0.4, 0.5) is 16.0 Å². The molecule has 4 rings (SSSR count). The molecule has 4 N–H and O–H groups in total. The van der Waals surface area contributed by atoms with Crippen molar-refractivity contribution in [2.45, 2.75) is 45.8 Å². The zero-order valence-electron chi connectivity index (χ0n) is 20.1. The molecule has 1 aliphatic heterocycles. The Balaban J connectivity index is 1.89. The van der Waals surface area contributed by atoms with Gasteiger partial charge < -0.3 is 20.9 Å². The second-order valence-electron chi connectivity index (χ2n) is 9.18. The van der Waals surface area contributed by atoms with E-state index in [9.17, 15) is 18.8 Å². The van der Waals surface area contributed by atoms with Crippen LogP contribution in [0.1, 0.15) is 37.0 Å². The summed E-state index contributed by atoms with van der Waals surface area (Å²) in [5.41, 5.74) is 11.6. The first-order chi connectivity index (χ1) is 16.6. The molecule has 1 unspecified atom stereocenters. The average molecular weight is 484 g/mol. The zero-order chi connectivity index (χ0) is 25.4. The lowest BCUT2D eigenvalue weighted by molar-refractivity contribution is 0.0969. The molecule has 2 aromatic heterocycles. The van der Waals surface area contributed by atoms with Crippen LogP contribution in [0.15, 0.2) is 39.4 Å². The lowest BCUT2D eigenvalue weighted by atomic mass is 10.1. The zero-order valence-corrected chi connectivity index (χ0v) is 20.1. The number of ketones is 1. The molecule has 0 aliphatic carbocycles. The normalized spacial score (nSPS) is 16.0. The van der Waals surface area contributed by atoms with Crippen LogP contribution < -0.4 is 27.6 Å². The predicted octanol–water partition coefficient (Wildman–Crippen LogP) is 1.39. The van der Waals surface area contributed by atoms with E-state index < -0.39 is 29.4 Å². The fraction of sp³-hybridized carbons (Fsp3) is 0.417. The summed E-state index contributed by atoms with van der Waals surface area (Å²) in [6.45, 7) is 4.99. The molecule has 0 spiro atoms. The van der Waals surface area contributed by atoms with Gasteiger partial charge in [0.1, 0.15) is 5.82 Å². The number of nitrogen functional groups attached to an aromatic ring is 1. The SMILES string of the molecule is CC(C)=CCn1c(N2CCCC(N)C2)nc2c1c(=O)n(CC(=O)c1cccc(F)c1N)c(=O)n2C. The molecule has 3 heterocycles. The van der Waals surface area contributed by atoms with Crippen LogP contribution in [0, 0.1) is 5.82 Å². The molecule has 3 aromatic rings. The second-order valence-corrected chi connectivity index (χ2v) is 9.18. The van der Waals surface area contributed by atoms with E-state index in [-0.39, 0.29) is 28.5 Å². The average Bonchev–Trinajstić information content (AvgIpc) is 3.20. The summed E-state index contributed by atoms with van der Waals surface area (Å²) in [6.07, 6.45) is 3.75. The highest BCUT2D eigenvalue weighted by Crippen LogP contribution is 2.23. The number of benzene rings is 1. The van der Waals surface area contributed by atoms with E-state index in [1.54, 1.807) is 4.57 Å². The predicted molar refractivity (Wildman–Crippen MR) is 133 cm³/mol. The summed E-state index contributed by atoms with van der Waals surface area (Å²) in [5.74, 6) is -0.827. The molecule has 1 atom stereocenters. The molecule has 1 saturated heterocycles. The van der Waals surface area contributed by atoms with Crippen molar-refractivity contribution >= 4 is 28.6 Å². The van der Waals surface area contributed by atoms with Gasteiger partial charge in [0.05, 0.1) is 12.2 Å². The topological polar surface area (TPSA) is 134 Å². The highest BCUT2D eigenvalue weighted by molar-refractivity contribution is 6.00. The van der Waals surface area contributed by atoms with Gasteiger partial charge in [-0.1, -0.05) is 17.7 Å². The minimum absolute atomic E-state index is 0.0182. The smallest absolute Gasteiger partial charge is 0.332 e. The fourth-order valence-electron chi connectivity index (χ4n) is 4.39. The van der Waals surface area contributed by atoms with Gasteiger partial charge in [-0.25, -0.2) is 9.18 Å². The number of anilines is 2. The number of nitrogens with zero attached hydrogens (tertiary/aromatic N) is 5. The molecular weight excluding hydrogens is 453 g/mol. The summed E-state index contributed by atoms with van der Waals surface area (Å²) in [6, 6.07) is 3.84. The van der Waals surface area contributed by atoms with E-state index in [0.29, 0.717) is 19.0 Å². The van der Waals surface area contributed by atoms with E-state index in [1.165, 1.54) is 23.7 Å².